The van der Waals surface area contributed by atoms with Crippen LogP contribution in [0.4, 0.5) is 0 Å². The van der Waals surface area contributed by atoms with Crippen LogP contribution in [-0.2, 0) is 16.4 Å². The van der Waals surface area contributed by atoms with Gasteiger partial charge in [0.05, 0.1) is 16.2 Å². The summed E-state index contributed by atoms with van der Waals surface area (Å²) in [5, 5.41) is 9.38. The molecule has 0 atom stereocenters. The molecule has 5 nitrogen and oxygen atoms in total. The van der Waals surface area contributed by atoms with E-state index in [4.69, 9.17) is 9.66 Å². The third-order valence-corrected chi connectivity index (χ3v) is 4.69. The van der Waals surface area contributed by atoms with E-state index in [9.17, 15) is 8.42 Å². The zero-order valence-electron chi connectivity index (χ0n) is 13.3. The van der Waals surface area contributed by atoms with Crippen molar-refractivity contribution in [3.8, 4) is 22.5 Å². The van der Waals surface area contributed by atoms with E-state index < -0.39 is 10.0 Å². The van der Waals surface area contributed by atoms with Crippen molar-refractivity contribution in [2.24, 2.45) is 5.14 Å². The van der Waals surface area contributed by atoms with Crippen LogP contribution < -0.4 is 5.14 Å². The molecular weight excluding hydrogens is 324 g/mol. The number of hydrogen-bond acceptors (Lipinski definition) is 4. The first-order valence-electron chi connectivity index (χ1n) is 7.68. The summed E-state index contributed by atoms with van der Waals surface area (Å²) in [5.41, 5.74) is 3.53. The minimum atomic E-state index is -3.71. The summed E-state index contributed by atoms with van der Waals surface area (Å²) in [4.78, 5) is 0.0843. The predicted molar refractivity (Wildman–Crippen MR) is 92.7 cm³/mol. The first-order valence-corrected chi connectivity index (χ1v) is 9.22. The molecule has 124 valence electrons. The van der Waals surface area contributed by atoms with Gasteiger partial charge in [-0.25, -0.2) is 13.6 Å². The average molecular weight is 342 g/mol. The molecule has 0 fully saturated rings. The normalized spacial score (nSPS) is 11.6. The van der Waals surface area contributed by atoms with Crippen LogP contribution in [0.2, 0.25) is 0 Å². The van der Waals surface area contributed by atoms with Gasteiger partial charge in [-0.3, -0.25) is 0 Å². The van der Waals surface area contributed by atoms with Gasteiger partial charge >= 0.3 is 0 Å². The Labute approximate surface area is 141 Å². The number of aryl methyl sites for hydroxylation is 1. The van der Waals surface area contributed by atoms with Crippen LogP contribution in [0.3, 0.4) is 0 Å². The minimum absolute atomic E-state index is 0.0843. The summed E-state index contributed by atoms with van der Waals surface area (Å²) in [7, 11) is -3.71. The molecule has 1 heterocycles. The van der Waals surface area contributed by atoms with Gasteiger partial charge in [0.1, 0.15) is 0 Å². The highest BCUT2D eigenvalue weighted by molar-refractivity contribution is 7.89. The van der Waals surface area contributed by atoms with Crippen molar-refractivity contribution in [3.05, 3.63) is 60.3 Å². The summed E-state index contributed by atoms with van der Waals surface area (Å²) >= 11 is 0. The molecule has 24 heavy (non-hydrogen) atoms. The maximum atomic E-state index is 11.4. The predicted octanol–water partition coefficient (Wildman–Crippen LogP) is 3.61. The number of rotatable bonds is 5. The second-order valence-electron chi connectivity index (χ2n) is 5.52. The highest BCUT2D eigenvalue weighted by Crippen LogP contribution is 2.35. The molecule has 0 aliphatic carbocycles. The fourth-order valence-electron chi connectivity index (χ4n) is 2.63. The van der Waals surface area contributed by atoms with E-state index in [-0.39, 0.29) is 4.90 Å². The molecule has 1 aromatic heterocycles. The molecule has 0 aliphatic heterocycles. The van der Waals surface area contributed by atoms with Gasteiger partial charge in [-0.2, -0.15) is 0 Å². The number of nitrogens with zero attached hydrogens (tertiary/aromatic N) is 1. The molecule has 0 saturated heterocycles. The molecule has 0 aliphatic rings. The lowest BCUT2D eigenvalue weighted by Crippen LogP contribution is -2.11. The van der Waals surface area contributed by atoms with Gasteiger partial charge in [-0.1, -0.05) is 61.0 Å². The van der Waals surface area contributed by atoms with Crippen LogP contribution in [0.25, 0.3) is 22.5 Å². The lowest BCUT2D eigenvalue weighted by atomic mass is 9.98. The van der Waals surface area contributed by atoms with Crippen LogP contribution in [0, 0.1) is 0 Å². The van der Waals surface area contributed by atoms with E-state index in [1.165, 1.54) is 12.1 Å². The van der Waals surface area contributed by atoms with Crippen molar-refractivity contribution in [3.63, 3.8) is 0 Å². The van der Waals surface area contributed by atoms with Crippen LogP contribution in [0.15, 0.2) is 64.0 Å². The number of primary sulfonamides is 1. The number of sulfonamides is 1. The van der Waals surface area contributed by atoms with E-state index >= 15 is 0 Å². The first kappa shape index (κ1) is 16.4. The lowest BCUT2D eigenvalue weighted by molar-refractivity contribution is 0.423. The van der Waals surface area contributed by atoms with Gasteiger partial charge in [-0.15, -0.1) is 0 Å². The molecule has 2 aromatic carbocycles. The maximum absolute atomic E-state index is 11.4. The minimum Gasteiger partial charge on any atom is -0.355 e. The quantitative estimate of drug-likeness (QED) is 0.767. The van der Waals surface area contributed by atoms with E-state index in [0.717, 1.165) is 35.2 Å². The summed E-state index contributed by atoms with van der Waals surface area (Å²) < 4.78 is 28.5. The Hall–Kier alpha value is -2.44. The van der Waals surface area contributed by atoms with Crippen molar-refractivity contribution < 1.29 is 12.9 Å². The molecule has 0 amide bonds. The average Bonchev–Trinajstić information content (AvgIpc) is 2.99. The van der Waals surface area contributed by atoms with E-state index in [1.807, 2.05) is 30.3 Å². The summed E-state index contributed by atoms with van der Waals surface area (Å²) in [6, 6.07) is 16.2. The van der Waals surface area contributed by atoms with Gasteiger partial charge < -0.3 is 4.52 Å². The van der Waals surface area contributed by atoms with Gasteiger partial charge in [0.25, 0.3) is 0 Å². The highest BCUT2D eigenvalue weighted by Gasteiger charge is 2.19. The van der Waals surface area contributed by atoms with Crippen molar-refractivity contribution in [2.45, 2.75) is 24.7 Å². The summed E-state index contributed by atoms with van der Waals surface area (Å²) in [5.74, 6) is 0.683. The molecule has 0 bridgehead atoms. The van der Waals surface area contributed by atoms with Crippen LogP contribution in [0.1, 0.15) is 19.0 Å². The van der Waals surface area contributed by atoms with E-state index in [1.54, 1.807) is 12.1 Å². The van der Waals surface area contributed by atoms with E-state index in [2.05, 4.69) is 12.1 Å². The van der Waals surface area contributed by atoms with Crippen molar-refractivity contribution in [1.29, 1.82) is 0 Å². The van der Waals surface area contributed by atoms with E-state index in [0.29, 0.717) is 5.76 Å². The summed E-state index contributed by atoms with van der Waals surface area (Å²) in [6.07, 6.45) is 1.71. The van der Waals surface area contributed by atoms with Gasteiger partial charge in [0, 0.05) is 5.56 Å². The monoisotopic (exact) mass is 342 g/mol. The molecule has 2 N–H and O–H groups in total. The molecular formula is C18H18N2O3S. The molecule has 6 heteroatoms. The van der Waals surface area contributed by atoms with Crippen molar-refractivity contribution >= 4 is 10.0 Å². The standard InChI is InChI=1S/C18H18N2O3S/c1-2-6-16-17(13-9-11-15(12-10-13)24(19,21)22)18(23-20-16)14-7-4-3-5-8-14/h3-5,7-12H,2,6H2,1H3,(H2,19,21,22). The van der Waals surface area contributed by atoms with Crippen molar-refractivity contribution in [2.75, 3.05) is 0 Å². The summed E-state index contributed by atoms with van der Waals surface area (Å²) in [6.45, 7) is 2.07. The molecule has 0 unspecified atom stereocenters. The Morgan fingerprint density at radius 1 is 1.00 bits per heavy atom. The largest absolute Gasteiger partial charge is 0.355 e. The number of benzene rings is 2. The Morgan fingerprint density at radius 3 is 2.25 bits per heavy atom. The maximum Gasteiger partial charge on any atom is 0.238 e. The Morgan fingerprint density at radius 2 is 1.67 bits per heavy atom. The fourth-order valence-corrected chi connectivity index (χ4v) is 3.14. The number of nitrogens with two attached hydrogens (primary N) is 1. The van der Waals surface area contributed by atoms with Gasteiger partial charge in [0.2, 0.25) is 10.0 Å². The molecule has 3 rings (SSSR count). The SMILES string of the molecule is CCCc1noc(-c2ccccc2)c1-c1ccc(S(N)(=O)=O)cc1. The zero-order valence-corrected chi connectivity index (χ0v) is 14.1. The third-order valence-electron chi connectivity index (χ3n) is 3.76. The Balaban J connectivity index is 2.13. The molecule has 3 aromatic rings. The smallest absolute Gasteiger partial charge is 0.238 e. The molecule has 0 spiro atoms. The van der Waals surface area contributed by atoms with Gasteiger partial charge in [0.15, 0.2) is 5.76 Å². The van der Waals surface area contributed by atoms with Crippen LogP contribution in [0.5, 0.6) is 0 Å². The third kappa shape index (κ3) is 3.25. The number of hydrogen-bond donors (Lipinski definition) is 1. The molecule has 0 saturated carbocycles. The topological polar surface area (TPSA) is 86.2 Å². The second kappa shape index (κ2) is 6.59. The van der Waals surface area contributed by atoms with Crippen LogP contribution >= 0.6 is 0 Å². The fraction of sp³-hybridized carbons (Fsp3) is 0.167. The molecule has 0 radical (unpaired) electrons. The zero-order chi connectivity index (χ0) is 17.2. The Kier molecular flexibility index (Phi) is 4.51. The van der Waals surface area contributed by atoms with Crippen molar-refractivity contribution in [1.82, 2.24) is 5.16 Å². The first-order chi connectivity index (χ1) is 11.5. The number of aromatic nitrogens is 1. The second-order valence-corrected chi connectivity index (χ2v) is 7.08. The van der Waals surface area contributed by atoms with Crippen LogP contribution in [-0.4, -0.2) is 13.6 Å². The van der Waals surface area contributed by atoms with Gasteiger partial charge in [-0.05, 0) is 24.1 Å². The lowest BCUT2D eigenvalue weighted by Gasteiger charge is -2.06. The highest BCUT2D eigenvalue weighted by atomic mass is 32.2. The Bertz CT molecular complexity index is 930.